The molecule has 0 radical (unpaired) electrons. The van der Waals surface area contributed by atoms with Gasteiger partial charge in [-0.05, 0) is 102 Å². The number of ether oxygens (including phenoxy) is 2. The molecular weight excluding hydrogens is 555 g/mol. The number of halogens is 1. The average Bonchev–Trinajstić information content (AvgIpc) is 2.87. The predicted octanol–water partition coefficient (Wildman–Crippen LogP) is 7.24. The summed E-state index contributed by atoms with van der Waals surface area (Å²) in [6.45, 7) is 4.44. The van der Waals surface area contributed by atoms with Gasteiger partial charge in [-0.3, -0.25) is 0 Å². The Morgan fingerprint density at radius 2 is 1.29 bits per heavy atom. The predicted molar refractivity (Wildman–Crippen MR) is 146 cm³/mol. The molecule has 172 valence electrons. The third-order valence-corrected chi connectivity index (χ3v) is 8.62. The molecule has 4 aromatic rings. The maximum Gasteiger partial charge on any atom is 0.339 e. The molecule has 0 aromatic heterocycles. The molecule has 4 aromatic carbocycles. The molecule has 0 saturated carbocycles. The Labute approximate surface area is 217 Å². The van der Waals surface area contributed by atoms with E-state index in [0.29, 0.717) is 12.2 Å². The lowest BCUT2D eigenvalue weighted by Gasteiger charge is -2.12. The summed E-state index contributed by atoms with van der Waals surface area (Å²) in [5.74, 6) is 0.449. The second-order valence-corrected chi connectivity index (χ2v) is 10.9. The third-order valence-electron chi connectivity index (χ3n) is 5.49. The van der Waals surface area contributed by atoms with E-state index in [4.69, 9.17) is 9.47 Å². The molecule has 4 rings (SSSR count). The first-order chi connectivity index (χ1) is 16.5. The minimum atomic E-state index is -0.306. The van der Waals surface area contributed by atoms with E-state index in [1.807, 2.05) is 50.2 Å². The van der Waals surface area contributed by atoms with Gasteiger partial charge in [-0.15, -0.1) is 0 Å². The second kappa shape index (κ2) is 11.6. The van der Waals surface area contributed by atoms with Crippen LogP contribution in [-0.4, -0.2) is 19.2 Å². The lowest BCUT2D eigenvalue weighted by molar-refractivity contribution is 0.0448. The van der Waals surface area contributed by atoms with Gasteiger partial charge in [-0.1, -0.05) is 42.5 Å². The Balaban J connectivity index is 1.39. The van der Waals surface area contributed by atoms with Crippen molar-refractivity contribution in [3.8, 4) is 5.75 Å². The maximum absolute atomic E-state index is 12.6. The highest BCUT2D eigenvalue weighted by atomic mass is 127. The summed E-state index contributed by atoms with van der Waals surface area (Å²) in [6, 6.07) is 33.2. The van der Waals surface area contributed by atoms with Crippen LogP contribution in [0.25, 0.3) is 0 Å². The van der Waals surface area contributed by atoms with Crippen LogP contribution >= 0.6 is 22.6 Å². The molecular formula is C29H26IO3S+. The van der Waals surface area contributed by atoms with Crippen molar-refractivity contribution in [2.75, 3.05) is 13.2 Å². The van der Waals surface area contributed by atoms with Gasteiger partial charge in [0.25, 0.3) is 0 Å². The zero-order valence-corrected chi connectivity index (χ0v) is 22.1. The molecule has 3 nitrogen and oxygen atoms in total. The van der Waals surface area contributed by atoms with Crippen LogP contribution in [0.1, 0.15) is 21.5 Å². The van der Waals surface area contributed by atoms with Gasteiger partial charge in [0.1, 0.15) is 19.0 Å². The highest BCUT2D eigenvalue weighted by Gasteiger charge is 2.28. The Morgan fingerprint density at radius 3 is 1.88 bits per heavy atom. The molecule has 0 heterocycles. The van der Waals surface area contributed by atoms with E-state index in [1.54, 1.807) is 0 Å². The molecule has 0 aliphatic rings. The van der Waals surface area contributed by atoms with Crippen molar-refractivity contribution in [3.63, 3.8) is 0 Å². The van der Waals surface area contributed by atoms with E-state index in [0.717, 1.165) is 20.4 Å². The minimum Gasteiger partial charge on any atom is -0.490 e. The average molecular weight is 581 g/mol. The molecule has 0 bridgehead atoms. The van der Waals surface area contributed by atoms with E-state index in [2.05, 4.69) is 83.3 Å². The van der Waals surface area contributed by atoms with E-state index in [9.17, 15) is 4.79 Å². The highest BCUT2D eigenvalue weighted by molar-refractivity contribution is 14.1. The zero-order valence-electron chi connectivity index (χ0n) is 19.2. The lowest BCUT2D eigenvalue weighted by Crippen LogP contribution is -2.15. The molecule has 0 aliphatic carbocycles. The Morgan fingerprint density at radius 1 is 0.735 bits per heavy atom. The van der Waals surface area contributed by atoms with E-state index in [1.165, 1.54) is 14.7 Å². The van der Waals surface area contributed by atoms with Gasteiger partial charge in [-0.25, -0.2) is 4.79 Å². The van der Waals surface area contributed by atoms with Gasteiger partial charge < -0.3 is 9.47 Å². The molecule has 0 aliphatic heterocycles. The Hall–Kier alpha value is -2.77. The van der Waals surface area contributed by atoms with E-state index >= 15 is 0 Å². The molecule has 34 heavy (non-hydrogen) atoms. The topological polar surface area (TPSA) is 35.5 Å². The number of carbonyl (C=O) groups excluding carboxylic acids is 1. The summed E-state index contributed by atoms with van der Waals surface area (Å²) >= 11 is 2.17. The van der Waals surface area contributed by atoms with E-state index < -0.39 is 0 Å². The largest absolute Gasteiger partial charge is 0.490 e. The van der Waals surface area contributed by atoms with Gasteiger partial charge in [0.15, 0.2) is 14.7 Å². The van der Waals surface area contributed by atoms with Crippen LogP contribution in [0.3, 0.4) is 0 Å². The summed E-state index contributed by atoms with van der Waals surface area (Å²) in [5.41, 5.74) is 2.67. The van der Waals surface area contributed by atoms with Crippen LogP contribution in [0.5, 0.6) is 5.75 Å². The normalized spacial score (nSPS) is 10.8. The van der Waals surface area contributed by atoms with Crippen molar-refractivity contribution < 1.29 is 14.3 Å². The quantitative estimate of drug-likeness (QED) is 0.0953. The smallest absolute Gasteiger partial charge is 0.339 e. The third kappa shape index (κ3) is 5.83. The number of hydrogen-bond acceptors (Lipinski definition) is 3. The van der Waals surface area contributed by atoms with Gasteiger partial charge in [0.05, 0.1) is 16.5 Å². The first-order valence-electron chi connectivity index (χ1n) is 11.0. The first kappa shape index (κ1) is 24.4. The number of benzene rings is 4. The van der Waals surface area contributed by atoms with Crippen molar-refractivity contribution in [2.24, 2.45) is 0 Å². The Kier molecular flexibility index (Phi) is 8.29. The summed E-state index contributed by atoms with van der Waals surface area (Å²) in [5, 5.41) is 0. The molecule has 0 atom stereocenters. The SMILES string of the molecule is Cc1ccc(I)c(C(=O)OCCOc2ccc([S+](c3ccccc3)c3ccccc3)cc2)c1C. The number of hydrogen-bond donors (Lipinski definition) is 0. The van der Waals surface area contributed by atoms with Crippen molar-refractivity contribution in [1.82, 2.24) is 0 Å². The van der Waals surface area contributed by atoms with Crippen molar-refractivity contribution in [1.29, 1.82) is 0 Å². The number of aryl methyl sites for hydroxylation is 1. The summed E-state index contributed by atoms with van der Waals surface area (Å²) in [7, 11) is -0.190. The minimum absolute atomic E-state index is 0.190. The number of esters is 1. The number of carbonyl (C=O) groups is 1. The molecule has 0 saturated heterocycles. The fraction of sp³-hybridized carbons (Fsp3) is 0.138. The fourth-order valence-corrected chi connectivity index (χ4v) is 6.48. The van der Waals surface area contributed by atoms with Gasteiger partial charge in [0.2, 0.25) is 0 Å². The van der Waals surface area contributed by atoms with Crippen LogP contribution in [0.15, 0.2) is 112 Å². The fourth-order valence-electron chi connectivity index (χ4n) is 3.59. The van der Waals surface area contributed by atoms with Crippen LogP contribution < -0.4 is 4.74 Å². The second-order valence-electron chi connectivity index (χ2n) is 7.75. The standard InChI is InChI=1S/C29H26IO3S/c1-21-13-18-27(30)28(22(21)2)29(31)33-20-19-32-23-14-16-26(17-15-23)34(24-9-5-3-6-10-24)25-11-7-4-8-12-25/h3-18H,19-20H2,1-2H3/q+1. The first-order valence-corrected chi connectivity index (χ1v) is 13.3. The van der Waals surface area contributed by atoms with Crippen LogP contribution in [-0.2, 0) is 15.6 Å². The number of rotatable bonds is 8. The van der Waals surface area contributed by atoms with Crippen LogP contribution in [0, 0.1) is 17.4 Å². The van der Waals surface area contributed by atoms with E-state index in [-0.39, 0.29) is 23.5 Å². The maximum atomic E-state index is 12.6. The summed E-state index contributed by atoms with van der Waals surface area (Å²) < 4.78 is 12.2. The molecule has 0 unspecified atom stereocenters. The van der Waals surface area contributed by atoms with Crippen molar-refractivity contribution >= 4 is 39.5 Å². The highest BCUT2D eigenvalue weighted by Crippen LogP contribution is 2.32. The molecule has 0 N–H and O–H groups in total. The molecule has 0 spiro atoms. The van der Waals surface area contributed by atoms with Crippen molar-refractivity contribution in [2.45, 2.75) is 28.5 Å². The van der Waals surface area contributed by atoms with Gasteiger partial charge in [-0.2, -0.15) is 0 Å². The monoisotopic (exact) mass is 581 g/mol. The van der Waals surface area contributed by atoms with Gasteiger partial charge >= 0.3 is 5.97 Å². The molecule has 0 amide bonds. The summed E-state index contributed by atoms with van der Waals surface area (Å²) in [6.07, 6.45) is 0. The summed E-state index contributed by atoms with van der Waals surface area (Å²) in [4.78, 5) is 16.3. The Bertz CT molecular complexity index is 1200. The van der Waals surface area contributed by atoms with Crippen molar-refractivity contribution in [3.05, 3.63) is 117 Å². The van der Waals surface area contributed by atoms with Gasteiger partial charge in [0, 0.05) is 3.57 Å². The molecule has 5 heteroatoms. The van der Waals surface area contributed by atoms with Crippen LogP contribution in [0.4, 0.5) is 0 Å². The zero-order chi connectivity index (χ0) is 23.9. The molecule has 0 fully saturated rings. The lowest BCUT2D eigenvalue weighted by atomic mass is 10.0. The van der Waals surface area contributed by atoms with Crippen LogP contribution in [0.2, 0.25) is 0 Å².